The Bertz CT molecular complexity index is 690. The number of aliphatic hydroxyl groups is 2. The van der Waals surface area contributed by atoms with E-state index in [1.165, 1.54) is 6.33 Å². The van der Waals surface area contributed by atoms with Crippen LogP contribution < -0.4 is 4.90 Å². The first-order chi connectivity index (χ1) is 11.8. The van der Waals surface area contributed by atoms with Gasteiger partial charge in [-0.15, -0.1) is 0 Å². The molecule has 0 amide bonds. The van der Waals surface area contributed by atoms with Crippen molar-refractivity contribution in [3.63, 3.8) is 0 Å². The van der Waals surface area contributed by atoms with Crippen molar-refractivity contribution in [1.29, 1.82) is 0 Å². The smallest absolute Gasteiger partial charge is 0.165 e. The Balaban J connectivity index is 1.53. The van der Waals surface area contributed by atoms with E-state index in [0.717, 1.165) is 56.4 Å². The molecule has 2 aliphatic rings. The second kappa shape index (κ2) is 6.62. The Morgan fingerprint density at radius 2 is 1.83 bits per heavy atom. The number of imidazole rings is 1. The predicted octanol–water partition coefficient (Wildman–Crippen LogP) is 0.215. The first kappa shape index (κ1) is 15.7. The van der Waals surface area contributed by atoms with Gasteiger partial charge in [-0.2, -0.15) is 0 Å². The van der Waals surface area contributed by atoms with Crippen LogP contribution in [0.4, 0.5) is 5.82 Å². The average molecular weight is 333 g/mol. The first-order valence-electron chi connectivity index (χ1n) is 8.53. The van der Waals surface area contributed by atoms with Crippen LogP contribution in [0.25, 0.3) is 11.2 Å². The van der Waals surface area contributed by atoms with E-state index in [2.05, 4.69) is 19.9 Å². The molecule has 0 unspecified atom stereocenters. The van der Waals surface area contributed by atoms with Crippen LogP contribution in [0.2, 0.25) is 0 Å². The van der Waals surface area contributed by atoms with Crippen molar-refractivity contribution < 1.29 is 14.9 Å². The minimum absolute atomic E-state index is 0.156. The van der Waals surface area contributed by atoms with E-state index in [1.54, 1.807) is 10.9 Å². The van der Waals surface area contributed by atoms with Gasteiger partial charge in [-0.1, -0.05) is 0 Å². The third kappa shape index (κ3) is 2.64. The molecule has 8 nitrogen and oxygen atoms in total. The highest BCUT2D eigenvalue weighted by atomic mass is 16.5. The van der Waals surface area contributed by atoms with Crippen LogP contribution in [-0.4, -0.2) is 69.2 Å². The van der Waals surface area contributed by atoms with Gasteiger partial charge in [0.1, 0.15) is 6.33 Å². The summed E-state index contributed by atoms with van der Waals surface area (Å²) < 4.78 is 7.16. The number of hydrogen-bond donors (Lipinski definition) is 2. The second-order valence-electron chi connectivity index (χ2n) is 6.66. The minimum Gasteiger partial charge on any atom is -0.394 e. The Morgan fingerprint density at radius 1 is 1.08 bits per heavy atom. The quantitative estimate of drug-likeness (QED) is 0.807. The molecule has 0 atom stereocenters. The third-order valence-corrected chi connectivity index (χ3v) is 5.30. The Labute approximate surface area is 140 Å². The zero-order valence-corrected chi connectivity index (χ0v) is 13.6. The zero-order chi connectivity index (χ0) is 16.5. The fourth-order valence-corrected chi connectivity index (χ4v) is 3.74. The van der Waals surface area contributed by atoms with Crippen LogP contribution in [-0.2, 0) is 4.74 Å². The number of rotatable bonds is 5. The molecule has 2 aromatic heterocycles. The van der Waals surface area contributed by atoms with Gasteiger partial charge in [0.2, 0.25) is 0 Å². The van der Waals surface area contributed by atoms with Gasteiger partial charge in [0.25, 0.3) is 0 Å². The molecule has 0 bridgehead atoms. The molecule has 0 radical (unpaired) electrons. The van der Waals surface area contributed by atoms with E-state index < -0.39 is 6.04 Å². The number of aliphatic hydroxyl groups excluding tert-OH is 2. The summed E-state index contributed by atoms with van der Waals surface area (Å²) in [6.45, 7) is 3.44. The highest BCUT2D eigenvalue weighted by Gasteiger charge is 2.36. The third-order valence-electron chi connectivity index (χ3n) is 5.30. The predicted molar refractivity (Wildman–Crippen MR) is 87.8 cm³/mol. The number of fused-ring (bicyclic) bond motifs is 1. The van der Waals surface area contributed by atoms with Crippen molar-refractivity contribution in [2.45, 2.75) is 18.9 Å². The van der Waals surface area contributed by atoms with Gasteiger partial charge in [0.15, 0.2) is 17.0 Å². The molecule has 0 saturated carbocycles. The molecule has 2 aromatic rings. The molecule has 2 saturated heterocycles. The molecule has 0 spiro atoms. The molecule has 0 aromatic carbocycles. The number of aromatic nitrogens is 4. The van der Waals surface area contributed by atoms with Crippen molar-refractivity contribution >= 4 is 17.0 Å². The van der Waals surface area contributed by atoms with Crippen LogP contribution >= 0.6 is 0 Å². The lowest BCUT2D eigenvalue weighted by Crippen LogP contribution is -2.51. The Morgan fingerprint density at radius 3 is 2.54 bits per heavy atom. The fourth-order valence-electron chi connectivity index (χ4n) is 3.74. The molecular formula is C16H23N5O3. The molecule has 2 N–H and O–H groups in total. The zero-order valence-electron chi connectivity index (χ0n) is 13.6. The summed E-state index contributed by atoms with van der Waals surface area (Å²) in [5, 5.41) is 18.8. The summed E-state index contributed by atoms with van der Waals surface area (Å²) in [5.41, 5.74) is 1.39. The summed E-state index contributed by atoms with van der Waals surface area (Å²) >= 11 is 0. The molecular weight excluding hydrogens is 310 g/mol. The average Bonchev–Trinajstić information content (AvgIpc) is 3.01. The summed E-state index contributed by atoms with van der Waals surface area (Å²) in [6, 6.07) is -0.427. The van der Waals surface area contributed by atoms with E-state index in [1.807, 2.05) is 0 Å². The Hall–Kier alpha value is -1.77. The molecule has 0 aliphatic carbocycles. The maximum absolute atomic E-state index is 9.40. The second-order valence-corrected chi connectivity index (χ2v) is 6.66. The van der Waals surface area contributed by atoms with Crippen molar-refractivity contribution in [2.75, 3.05) is 44.4 Å². The van der Waals surface area contributed by atoms with Gasteiger partial charge >= 0.3 is 0 Å². The van der Waals surface area contributed by atoms with Crippen LogP contribution in [0.1, 0.15) is 18.9 Å². The molecule has 24 heavy (non-hydrogen) atoms. The van der Waals surface area contributed by atoms with Crippen molar-refractivity contribution in [2.24, 2.45) is 11.8 Å². The number of ether oxygens (including phenoxy) is 1. The lowest BCUT2D eigenvalue weighted by Gasteiger charge is -2.45. The maximum atomic E-state index is 9.40. The van der Waals surface area contributed by atoms with E-state index >= 15 is 0 Å². The van der Waals surface area contributed by atoms with Crippen LogP contribution in [0.5, 0.6) is 0 Å². The van der Waals surface area contributed by atoms with E-state index in [9.17, 15) is 10.2 Å². The lowest BCUT2D eigenvalue weighted by molar-refractivity contribution is 0.0410. The summed E-state index contributed by atoms with van der Waals surface area (Å²) in [5.74, 6) is 2.29. The largest absolute Gasteiger partial charge is 0.394 e. The monoisotopic (exact) mass is 333 g/mol. The SMILES string of the molecule is OCC(CO)n1cnc2c(N3CC(C4CCOCC4)C3)ncnc21. The molecule has 4 rings (SSSR count). The normalized spacial score (nSPS) is 20.0. The Kier molecular flexibility index (Phi) is 4.34. The van der Waals surface area contributed by atoms with E-state index in [4.69, 9.17) is 4.74 Å². The molecule has 8 heteroatoms. The van der Waals surface area contributed by atoms with Crippen LogP contribution in [0.15, 0.2) is 12.7 Å². The standard InChI is InChI=1S/C16H23N5O3/c22-7-13(8-23)21-10-19-14-15(17-9-18-16(14)21)20-5-12(6-20)11-1-3-24-4-2-11/h9-13,22-23H,1-8H2. The molecule has 4 heterocycles. The van der Waals surface area contributed by atoms with Crippen LogP contribution in [0, 0.1) is 11.8 Å². The molecule has 2 fully saturated rings. The van der Waals surface area contributed by atoms with E-state index in [0.29, 0.717) is 11.6 Å². The van der Waals surface area contributed by atoms with Crippen molar-refractivity contribution in [3.05, 3.63) is 12.7 Å². The van der Waals surface area contributed by atoms with Gasteiger partial charge in [0, 0.05) is 26.3 Å². The lowest BCUT2D eigenvalue weighted by atomic mass is 9.81. The van der Waals surface area contributed by atoms with Gasteiger partial charge in [-0.25, -0.2) is 15.0 Å². The van der Waals surface area contributed by atoms with Crippen molar-refractivity contribution in [1.82, 2.24) is 19.5 Å². The topological polar surface area (TPSA) is 96.5 Å². The summed E-state index contributed by atoms with van der Waals surface area (Å²) in [7, 11) is 0. The number of hydrogen-bond acceptors (Lipinski definition) is 7. The highest BCUT2D eigenvalue weighted by Crippen LogP contribution is 2.35. The van der Waals surface area contributed by atoms with Crippen LogP contribution in [0.3, 0.4) is 0 Å². The summed E-state index contributed by atoms with van der Waals surface area (Å²) in [4.78, 5) is 15.4. The maximum Gasteiger partial charge on any atom is 0.165 e. The van der Waals surface area contributed by atoms with Gasteiger partial charge in [-0.05, 0) is 24.7 Å². The number of nitrogens with zero attached hydrogens (tertiary/aromatic N) is 5. The molecule has 2 aliphatic heterocycles. The van der Waals surface area contributed by atoms with E-state index in [-0.39, 0.29) is 13.2 Å². The molecule has 130 valence electrons. The first-order valence-corrected chi connectivity index (χ1v) is 8.53. The minimum atomic E-state index is -0.427. The highest BCUT2D eigenvalue weighted by molar-refractivity contribution is 5.83. The summed E-state index contributed by atoms with van der Waals surface area (Å²) in [6.07, 6.45) is 5.46. The fraction of sp³-hybridized carbons (Fsp3) is 0.688. The number of anilines is 1. The van der Waals surface area contributed by atoms with Gasteiger partial charge in [-0.3, -0.25) is 0 Å². The van der Waals surface area contributed by atoms with Gasteiger partial charge in [0.05, 0.1) is 25.6 Å². The van der Waals surface area contributed by atoms with Gasteiger partial charge < -0.3 is 24.4 Å². The van der Waals surface area contributed by atoms with Crippen molar-refractivity contribution in [3.8, 4) is 0 Å².